The predicted octanol–water partition coefficient (Wildman–Crippen LogP) is 0.533. The highest BCUT2D eigenvalue weighted by Crippen LogP contribution is 1.99. The van der Waals surface area contributed by atoms with Gasteiger partial charge in [0.25, 0.3) is 0 Å². The topological polar surface area (TPSA) is 84.9 Å². The maximum Gasteiger partial charge on any atom is 0.353 e. The molecule has 0 bridgehead atoms. The molecule has 0 aliphatic rings. The van der Waals surface area contributed by atoms with Gasteiger partial charge in [-0.15, -0.1) is 0 Å². The fraction of sp³-hybridized carbons (Fsp3) is 0.636. The van der Waals surface area contributed by atoms with Crippen LogP contribution in [-0.4, -0.2) is 42.9 Å². The van der Waals surface area contributed by atoms with E-state index in [4.69, 9.17) is 14.6 Å². The minimum Gasteiger partial charge on any atom is -0.481 e. The van der Waals surface area contributed by atoms with Gasteiger partial charge in [-0.3, -0.25) is 4.79 Å². The molecule has 0 aliphatic heterocycles. The number of nitrogens with one attached hydrogen (secondary N) is 1. The van der Waals surface area contributed by atoms with Gasteiger partial charge in [0.2, 0.25) is 0 Å². The number of rotatable bonds is 9. The van der Waals surface area contributed by atoms with E-state index in [1.54, 1.807) is 13.8 Å². The van der Waals surface area contributed by atoms with Crippen molar-refractivity contribution < 1.29 is 24.2 Å². The molecule has 0 aromatic carbocycles. The summed E-state index contributed by atoms with van der Waals surface area (Å²) >= 11 is 0. The maximum atomic E-state index is 11.3. The van der Waals surface area contributed by atoms with Crippen LogP contribution in [0.1, 0.15) is 20.3 Å². The van der Waals surface area contributed by atoms with Crippen LogP contribution in [0.5, 0.6) is 0 Å². The van der Waals surface area contributed by atoms with Crippen molar-refractivity contribution in [3.8, 4) is 0 Å². The zero-order valence-electron chi connectivity index (χ0n) is 10.2. The number of carboxylic acids is 1. The minimum absolute atomic E-state index is 0.0396. The lowest BCUT2D eigenvalue weighted by Gasteiger charge is -2.18. The number of esters is 1. The zero-order chi connectivity index (χ0) is 13.3. The van der Waals surface area contributed by atoms with Crippen molar-refractivity contribution in [3.05, 3.63) is 12.3 Å². The van der Waals surface area contributed by atoms with Crippen LogP contribution < -0.4 is 5.32 Å². The average Bonchev–Trinajstić information content (AvgIpc) is 2.25. The molecule has 0 rings (SSSR count). The zero-order valence-corrected chi connectivity index (χ0v) is 10.2. The summed E-state index contributed by atoms with van der Waals surface area (Å²) in [5.41, 5.74) is 0.0396. The minimum atomic E-state index is -0.973. The molecule has 0 radical (unpaired) electrons. The molecule has 17 heavy (non-hydrogen) atoms. The van der Waals surface area contributed by atoms with Gasteiger partial charge in [-0.1, -0.05) is 6.58 Å². The molecule has 0 saturated heterocycles. The smallest absolute Gasteiger partial charge is 0.353 e. The third kappa shape index (κ3) is 7.35. The van der Waals surface area contributed by atoms with Crippen molar-refractivity contribution >= 4 is 11.9 Å². The van der Waals surface area contributed by atoms with Crippen LogP contribution in [0.15, 0.2) is 12.3 Å². The molecular formula is C11H19NO5. The largest absolute Gasteiger partial charge is 0.481 e. The first kappa shape index (κ1) is 15.4. The van der Waals surface area contributed by atoms with Crippen LogP contribution in [0.4, 0.5) is 0 Å². The molecule has 0 aromatic rings. The molecular weight excluding hydrogens is 226 g/mol. The maximum absolute atomic E-state index is 11.3. The number of carbonyl (C=O) groups excluding carboxylic acids is 1. The molecule has 0 spiro atoms. The number of hydrogen-bond donors (Lipinski definition) is 2. The van der Waals surface area contributed by atoms with Crippen LogP contribution in [0.25, 0.3) is 0 Å². The van der Waals surface area contributed by atoms with Gasteiger partial charge >= 0.3 is 11.9 Å². The molecule has 0 aliphatic carbocycles. The van der Waals surface area contributed by atoms with Gasteiger partial charge in [-0.25, -0.2) is 4.79 Å². The Morgan fingerprint density at radius 2 is 2.00 bits per heavy atom. The highest BCUT2D eigenvalue weighted by atomic mass is 16.5. The van der Waals surface area contributed by atoms with E-state index in [9.17, 15) is 9.59 Å². The summed E-state index contributed by atoms with van der Waals surface area (Å²) in [6, 6.07) is -0.496. The van der Waals surface area contributed by atoms with E-state index in [1.807, 2.05) is 0 Å². The number of carbonyl (C=O) groups is 2. The van der Waals surface area contributed by atoms with Gasteiger partial charge in [0.05, 0.1) is 25.7 Å². The van der Waals surface area contributed by atoms with E-state index < -0.39 is 18.0 Å². The third-order valence-electron chi connectivity index (χ3n) is 1.84. The van der Waals surface area contributed by atoms with Crippen molar-refractivity contribution in [1.29, 1.82) is 0 Å². The summed E-state index contributed by atoms with van der Waals surface area (Å²) in [7, 11) is 0. The highest BCUT2D eigenvalue weighted by Gasteiger charge is 2.17. The molecule has 0 heterocycles. The monoisotopic (exact) mass is 245 g/mol. The van der Waals surface area contributed by atoms with E-state index in [0.29, 0.717) is 6.61 Å². The van der Waals surface area contributed by atoms with Gasteiger partial charge in [-0.05, 0) is 13.8 Å². The molecule has 0 aromatic heterocycles. The van der Waals surface area contributed by atoms with Crippen LogP contribution in [-0.2, 0) is 19.1 Å². The molecule has 2 N–H and O–H groups in total. The van der Waals surface area contributed by atoms with Crippen molar-refractivity contribution in [3.63, 3.8) is 0 Å². The summed E-state index contributed by atoms with van der Waals surface area (Å²) in [5, 5.41) is 11.4. The number of carboxylic acid groups (broad SMARTS) is 1. The van der Waals surface area contributed by atoms with Crippen LogP contribution in [0, 0.1) is 0 Å². The second-order valence-corrected chi connectivity index (χ2v) is 3.30. The molecule has 0 amide bonds. The van der Waals surface area contributed by atoms with Crippen molar-refractivity contribution in [1.82, 2.24) is 5.32 Å². The Morgan fingerprint density at radius 3 is 2.47 bits per heavy atom. The summed E-state index contributed by atoms with van der Waals surface area (Å²) < 4.78 is 9.84. The molecule has 0 unspecified atom stereocenters. The lowest BCUT2D eigenvalue weighted by molar-refractivity contribution is -0.140. The van der Waals surface area contributed by atoms with E-state index >= 15 is 0 Å². The van der Waals surface area contributed by atoms with Crippen molar-refractivity contribution in [2.24, 2.45) is 0 Å². The van der Waals surface area contributed by atoms with Crippen LogP contribution in [0.3, 0.4) is 0 Å². The Balaban J connectivity index is 4.25. The molecule has 0 saturated carbocycles. The summed E-state index contributed by atoms with van der Waals surface area (Å²) in [4.78, 5) is 21.9. The van der Waals surface area contributed by atoms with E-state index in [0.717, 1.165) is 0 Å². The normalized spacial score (nSPS) is 11.6. The SMILES string of the molecule is C=C(N[C@H](COCC)CC(=O)O)C(=O)OCC. The van der Waals surface area contributed by atoms with E-state index in [2.05, 4.69) is 11.9 Å². The van der Waals surface area contributed by atoms with E-state index in [-0.39, 0.29) is 25.3 Å². The Labute approximate surface area is 101 Å². The Bertz CT molecular complexity index is 277. The summed E-state index contributed by atoms with van der Waals surface area (Å²) in [6.07, 6.45) is -0.154. The Hall–Kier alpha value is -1.56. The Kier molecular flexibility index (Phi) is 7.79. The van der Waals surface area contributed by atoms with E-state index in [1.165, 1.54) is 0 Å². The molecule has 6 heteroatoms. The summed E-state index contributed by atoms with van der Waals surface area (Å²) in [5.74, 6) is -1.56. The lowest BCUT2D eigenvalue weighted by atomic mass is 10.2. The van der Waals surface area contributed by atoms with Gasteiger partial charge in [-0.2, -0.15) is 0 Å². The molecule has 6 nitrogen and oxygen atoms in total. The fourth-order valence-corrected chi connectivity index (χ4v) is 1.15. The van der Waals surface area contributed by atoms with Crippen LogP contribution >= 0.6 is 0 Å². The van der Waals surface area contributed by atoms with Crippen molar-refractivity contribution in [2.75, 3.05) is 19.8 Å². The molecule has 1 atom stereocenters. The Morgan fingerprint density at radius 1 is 1.35 bits per heavy atom. The second kappa shape index (κ2) is 8.58. The number of ether oxygens (including phenoxy) is 2. The van der Waals surface area contributed by atoms with Crippen molar-refractivity contribution in [2.45, 2.75) is 26.3 Å². The second-order valence-electron chi connectivity index (χ2n) is 3.30. The quantitative estimate of drug-likeness (QED) is 0.455. The standard InChI is InChI=1S/C11H19NO5/c1-4-16-7-9(6-10(13)14)12-8(3)11(15)17-5-2/h9,12H,3-7H2,1-2H3,(H,13,14)/t9-/m0/s1. The first-order valence-electron chi connectivity index (χ1n) is 5.43. The van der Waals surface area contributed by atoms with Gasteiger partial charge < -0.3 is 19.9 Å². The number of aliphatic carboxylic acids is 1. The fourth-order valence-electron chi connectivity index (χ4n) is 1.15. The lowest BCUT2D eigenvalue weighted by Crippen LogP contribution is -2.37. The highest BCUT2D eigenvalue weighted by molar-refractivity contribution is 5.87. The average molecular weight is 245 g/mol. The number of hydrogen-bond acceptors (Lipinski definition) is 5. The third-order valence-corrected chi connectivity index (χ3v) is 1.84. The first-order chi connectivity index (χ1) is 8.01. The van der Waals surface area contributed by atoms with Gasteiger partial charge in [0, 0.05) is 6.61 Å². The molecule has 98 valence electrons. The predicted molar refractivity (Wildman–Crippen MR) is 61.4 cm³/mol. The van der Waals surface area contributed by atoms with Crippen LogP contribution in [0.2, 0.25) is 0 Å². The summed E-state index contributed by atoms with van der Waals surface area (Å²) in [6.45, 7) is 7.89. The van der Waals surface area contributed by atoms with Gasteiger partial charge in [0.1, 0.15) is 5.70 Å². The first-order valence-corrected chi connectivity index (χ1v) is 5.43. The molecule has 0 fully saturated rings. The van der Waals surface area contributed by atoms with Gasteiger partial charge in [0.15, 0.2) is 0 Å².